The minimum atomic E-state index is -0.305. The molecule has 1 aliphatic rings. The summed E-state index contributed by atoms with van der Waals surface area (Å²) >= 11 is 0. The van der Waals surface area contributed by atoms with Crippen LogP contribution in [0.3, 0.4) is 0 Å². The van der Waals surface area contributed by atoms with E-state index in [1.165, 1.54) is 17.7 Å². The van der Waals surface area contributed by atoms with Crippen LogP contribution in [0.5, 0.6) is 5.75 Å². The largest absolute Gasteiger partial charge is 0.484 e. The predicted molar refractivity (Wildman–Crippen MR) is 117 cm³/mol. The van der Waals surface area contributed by atoms with Gasteiger partial charge >= 0.3 is 0 Å². The van der Waals surface area contributed by atoms with Gasteiger partial charge in [-0.15, -0.1) is 5.10 Å². The molecular weight excluding hydrogens is 411 g/mol. The van der Waals surface area contributed by atoms with E-state index in [0.29, 0.717) is 55.9 Å². The van der Waals surface area contributed by atoms with Gasteiger partial charge in [-0.2, -0.15) is 4.68 Å². The smallest absolute Gasteiger partial charge is 0.260 e. The number of carbonyl (C=O) groups is 1. The van der Waals surface area contributed by atoms with Crippen molar-refractivity contribution in [2.24, 2.45) is 0 Å². The molecule has 1 fully saturated rings. The number of hydrogen-bond donors (Lipinski definition) is 0. The van der Waals surface area contributed by atoms with Crippen molar-refractivity contribution in [1.82, 2.24) is 30.0 Å². The zero-order valence-corrected chi connectivity index (χ0v) is 18.3. The number of halogens is 1. The average molecular weight is 439 g/mol. The SMILES string of the molecule is CC(C)c1ccc(OCC(=O)N2CCN(Cc3nnnn3-c3ccc(F)cc3)CC2)cc1. The van der Waals surface area contributed by atoms with E-state index < -0.39 is 0 Å². The van der Waals surface area contributed by atoms with E-state index in [1.54, 1.807) is 16.8 Å². The summed E-state index contributed by atoms with van der Waals surface area (Å²) in [6.07, 6.45) is 0. The van der Waals surface area contributed by atoms with Crippen molar-refractivity contribution < 1.29 is 13.9 Å². The molecule has 0 bridgehead atoms. The van der Waals surface area contributed by atoms with Crippen molar-refractivity contribution in [2.75, 3.05) is 32.8 Å². The number of hydrogen-bond acceptors (Lipinski definition) is 6. The molecule has 9 heteroatoms. The quantitative estimate of drug-likeness (QED) is 0.565. The van der Waals surface area contributed by atoms with E-state index in [4.69, 9.17) is 4.74 Å². The van der Waals surface area contributed by atoms with Gasteiger partial charge in [0, 0.05) is 26.2 Å². The average Bonchev–Trinajstić information content (AvgIpc) is 3.27. The third-order valence-electron chi connectivity index (χ3n) is 5.60. The number of amides is 1. The lowest BCUT2D eigenvalue weighted by Crippen LogP contribution is -2.49. The lowest BCUT2D eigenvalue weighted by molar-refractivity contribution is -0.135. The molecule has 0 atom stereocenters. The van der Waals surface area contributed by atoms with E-state index in [2.05, 4.69) is 34.3 Å². The Labute approximate surface area is 186 Å². The van der Waals surface area contributed by atoms with Crippen LogP contribution < -0.4 is 4.74 Å². The van der Waals surface area contributed by atoms with Crippen molar-refractivity contribution >= 4 is 5.91 Å². The van der Waals surface area contributed by atoms with Gasteiger partial charge in [0.25, 0.3) is 5.91 Å². The van der Waals surface area contributed by atoms with Crippen LogP contribution in [-0.4, -0.2) is 68.7 Å². The molecule has 0 N–H and O–H groups in total. The van der Waals surface area contributed by atoms with E-state index >= 15 is 0 Å². The van der Waals surface area contributed by atoms with Gasteiger partial charge in [0.2, 0.25) is 0 Å². The van der Waals surface area contributed by atoms with Crippen LogP contribution >= 0.6 is 0 Å². The minimum Gasteiger partial charge on any atom is -0.484 e. The molecule has 0 saturated carbocycles. The highest BCUT2D eigenvalue weighted by Gasteiger charge is 2.23. The monoisotopic (exact) mass is 438 g/mol. The number of nitrogens with zero attached hydrogens (tertiary/aromatic N) is 6. The summed E-state index contributed by atoms with van der Waals surface area (Å²) in [7, 11) is 0. The normalized spacial score (nSPS) is 14.7. The van der Waals surface area contributed by atoms with Crippen LogP contribution in [0.4, 0.5) is 4.39 Å². The molecule has 0 aliphatic carbocycles. The first-order valence-electron chi connectivity index (χ1n) is 10.8. The highest BCUT2D eigenvalue weighted by atomic mass is 19.1. The summed E-state index contributed by atoms with van der Waals surface area (Å²) in [4.78, 5) is 16.6. The Kier molecular flexibility index (Phi) is 6.75. The number of aromatic nitrogens is 4. The fraction of sp³-hybridized carbons (Fsp3) is 0.391. The second-order valence-corrected chi connectivity index (χ2v) is 8.15. The summed E-state index contributed by atoms with van der Waals surface area (Å²) in [6.45, 7) is 7.52. The first kappa shape index (κ1) is 21.9. The topological polar surface area (TPSA) is 76.4 Å². The maximum absolute atomic E-state index is 13.2. The molecule has 8 nitrogen and oxygen atoms in total. The first-order chi connectivity index (χ1) is 15.5. The van der Waals surface area contributed by atoms with Crippen LogP contribution in [0.2, 0.25) is 0 Å². The molecule has 1 aromatic heterocycles. The summed E-state index contributed by atoms with van der Waals surface area (Å²) in [5.41, 5.74) is 1.95. The summed E-state index contributed by atoms with van der Waals surface area (Å²) < 4.78 is 20.5. The van der Waals surface area contributed by atoms with Crippen LogP contribution in [0.25, 0.3) is 5.69 Å². The van der Waals surface area contributed by atoms with Gasteiger partial charge in [-0.25, -0.2) is 4.39 Å². The Hall–Kier alpha value is -3.33. The lowest BCUT2D eigenvalue weighted by atomic mass is 10.0. The Balaban J connectivity index is 1.26. The van der Waals surface area contributed by atoms with E-state index in [1.807, 2.05) is 29.2 Å². The molecule has 3 aromatic rings. The minimum absolute atomic E-state index is 0.0197. The fourth-order valence-electron chi connectivity index (χ4n) is 3.63. The van der Waals surface area contributed by atoms with Crippen LogP contribution in [0.15, 0.2) is 48.5 Å². The molecule has 4 rings (SSSR count). The van der Waals surface area contributed by atoms with Gasteiger partial charge in [0.05, 0.1) is 12.2 Å². The maximum atomic E-state index is 13.2. The third-order valence-corrected chi connectivity index (χ3v) is 5.60. The van der Waals surface area contributed by atoms with Crippen LogP contribution in [0, 0.1) is 5.82 Å². The molecular formula is C23H27FN6O2. The second kappa shape index (κ2) is 9.86. The molecule has 2 aromatic carbocycles. The highest BCUT2D eigenvalue weighted by molar-refractivity contribution is 5.77. The second-order valence-electron chi connectivity index (χ2n) is 8.15. The third kappa shape index (κ3) is 5.28. The van der Waals surface area contributed by atoms with Crippen molar-refractivity contribution in [2.45, 2.75) is 26.3 Å². The highest BCUT2D eigenvalue weighted by Crippen LogP contribution is 2.19. The van der Waals surface area contributed by atoms with Gasteiger partial charge in [-0.3, -0.25) is 9.69 Å². The Bertz CT molecular complexity index is 1030. The standard InChI is InChI=1S/C23H27FN6O2/c1-17(2)18-3-9-21(10-4-18)32-16-23(31)29-13-11-28(12-14-29)15-22-25-26-27-30(22)20-7-5-19(24)6-8-20/h3-10,17H,11-16H2,1-2H3. The van der Waals surface area contributed by atoms with Crippen LogP contribution in [0.1, 0.15) is 31.2 Å². The van der Waals surface area contributed by atoms with Gasteiger partial charge < -0.3 is 9.64 Å². The maximum Gasteiger partial charge on any atom is 0.260 e. The predicted octanol–water partition coefficient (Wildman–Crippen LogP) is 2.65. The molecule has 168 valence electrons. The molecule has 2 heterocycles. The van der Waals surface area contributed by atoms with Crippen molar-refractivity contribution in [3.05, 3.63) is 65.7 Å². The first-order valence-corrected chi connectivity index (χ1v) is 10.8. The Morgan fingerprint density at radius 3 is 2.38 bits per heavy atom. The summed E-state index contributed by atoms with van der Waals surface area (Å²) in [5.74, 6) is 1.51. The number of benzene rings is 2. The van der Waals surface area contributed by atoms with Gasteiger partial charge in [0.15, 0.2) is 12.4 Å². The number of piperazine rings is 1. The zero-order chi connectivity index (χ0) is 22.5. The van der Waals surface area contributed by atoms with Gasteiger partial charge in [0.1, 0.15) is 11.6 Å². The molecule has 0 radical (unpaired) electrons. The number of tetrazole rings is 1. The van der Waals surface area contributed by atoms with Crippen molar-refractivity contribution in [3.8, 4) is 11.4 Å². The van der Waals surface area contributed by atoms with E-state index in [-0.39, 0.29) is 18.3 Å². The molecule has 0 unspecified atom stereocenters. The van der Waals surface area contributed by atoms with Crippen molar-refractivity contribution in [3.63, 3.8) is 0 Å². The molecule has 1 amide bonds. The van der Waals surface area contributed by atoms with Gasteiger partial charge in [-0.05, 0) is 58.3 Å². The number of rotatable bonds is 7. The van der Waals surface area contributed by atoms with Gasteiger partial charge in [-0.1, -0.05) is 26.0 Å². The van der Waals surface area contributed by atoms with Crippen LogP contribution in [-0.2, 0) is 11.3 Å². The molecule has 0 spiro atoms. The summed E-state index contributed by atoms with van der Waals surface area (Å²) in [5, 5.41) is 11.9. The Morgan fingerprint density at radius 2 is 1.72 bits per heavy atom. The fourth-order valence-corrected chi connectivity index (χ4v) is 3.63. The number of ether oxygens (including phenoxy) is 1. The summed E-state index contributed by atoms with van der Waals surface area (Å²) in [6, 6.07) is 13.9. The molecule has 1 aliphatic heterocycles. The molecule has 1 saturated heterocycles. The number of carbonyl (C=O) groups excluding carboxylic acids is 1. The van der Waals surface area contributed by atoms with Crippen molar-refractivity contribution in [1.29, 1.82) is 0 Å². The Morgan fingerprint density at radius 1 is 1.03 bits per heavy atom. The molecule has 32 heavy (non-hydrogen) atoms. The van der Waals surface area contributed by atoms with E-state index in [9.17, 15) is 9.18 Å². The van der Waals surface area contributed by atoms with E-state index in [0.717, 1.165) is 0 Å². The zero-order valence-electron chi connectivity index (χ0n) is 18.3. The lowest BCUT2D eigenvalue weighted by Gasteiger charge is -2.34.